The molecule has 1 rings (SSSR count). The number of rotatable bonds is 7. The minimum absolute atomic E-state index is 0.0507. The van der Waals surface area contributed by atoms with Crippen LogP contribution in [0, 0.1) is 0 Å². The lowest BCUT2D eigenvalue weighted by Crippen LogP contribution is -2.26. The SMILES string of the molecule is COc1cc(CO)ccc1OCCC(=O)ONN. The predicted molar refractivity (Wildman–Crippen MR) is 62.4 cm³/mol. The van der Waals surface area contributed by atoms with Gasteiger partial charge in [-0.2, -0.15) is 0 Å². The second-order valence-electron chi connectivity index (χ2n) is 3.33. The molecule has 0 radical (unpaired) electrons. The molecule has 0 saturated heterocycles. The quantitative estimate of drug-likeness (QED) is 0.461. The zero-order chi connectivity index (χ0) is 13.4. The minimum Gasteiger partial charge on any atom is -0.493 e. The number of aliphatic hydroxyl groups is 1. The van der Waals surface area contributed by atoms with Crippen LogP contribution in [0.4, 0.5) is 0 Å². The maximum atomic E-state index is 11.0. The van der Waals surface area contributed by atoms with E-state index in [1.165, 1.54) is 7.11 Å². The Morgan fingerprint density at radius 2 is 2.22 bits per heavy atom. The zero-order valence-electron chi connectivity index (χ0n) is 10.0. The highest BCUT2D eigenvalue weighted by atomic mass is 16.7. The molecule has 1 aromatic carbocycles. The van der Waals surface area contributed by atoms with Crippen LogP contribution in [-0.2, 0) is 16.2 Å². The van der Waals surface area contributed by atoms with E-state index in [-0.39, 0.29) is 19.6 Å². The average Bonchev–Trinajstić information content (AvgIpc) is 2.39. The average molecular weight is 256 g/mol. The molecule has 0 atom stereocenters. The van der Waals surface area contributed by atoms with Crippen LogP contribution in [-0.4, -0.2) is 24.8 Å². The number of carbonyl (C=O) groups is 1. The van der Waals surface area contributed by atoms with Crippen LogP contribution >= 0.6 is 0 Å². The van der Waals surface area contributed by atoms with E-state index in [0.717, 1.165) is 0 Å². The fourth-order valence-corrected chi connectivity index (χ4v) is 1.29. The van der Waals surface area contributed by atoms with Crippen molar-refractivity contribution in [3.05, 3.63) is 23.8 Å². The summed E-state index contributed by atoms with van der Waals surface area (Å²) in [5.74, 6) is 5.27. The molecule has 0 aliphatic heterocycles. The van der Waals surface area contributed by atoms with Crippen molar-refractivity contribution in [1.29, 1.82) is 0 Å². The third-order valence-corrected chi connectivity index (χ3v) is 2.15. The van der Waals surface area contributed by atoms with Crippen molar-refractivity contribution in [2.24, 2.45) is 5.84 Å². The standard InChI is InChI=1S/C11H16N2O5/c1-16-10-6-8(7-14)2-3-9(10)17-5-4-11(15)18-13-12/h2-3,6,13-14H,4-5,7,12H2,1H3. The largest absolute Gasteiger partial charge is 0.493 e. The van der Waals surface area contributed by atoms with Crippen molar-refractivity contribution in [2.75, 3.05) is 13.7 Å². The molecule has 0 heterocycles. The second kappa shape index (κ2) is 7.49. The van der Waals surface area contributed by atoms with Gasteiger partial charge in [-0.25, -0.2) is 5.84 Å². The Hall–Kier alpha value is -1.83. The molecular weight excluding hydrogens is 240 g/mol. The molecule has 0 bridgehead atoms. The van der Waals surface area contributed by atoms with E-state index in [1.807, 2.05) is 0 Å². The normalized spacial score (nSPS) is 9.94. The summed E-state index contributed by atoms with van der Waals surface area (Å²) < 4.78 is 10.5. The van der Waals surface area contributed by atoms with Gasteiger partial charge in [0.15, 0.2) is 11.5 Å². The van der Waals surface area contributed by atoms with Gasteiger partial charge in [0.2, 0.25) is 0 Å². The molecule has 1 aromatic rings. The number of hydrogen-bond donors (Lipinski definition) is 3. The molecule has 0 amide bonds. The van der Waals surface area contributed by atoms with Crippen molar-refractivity contribution < 1.29 is 24.2 Å². The van der Waals surface area contributed by atoms with Crippen LogP contribution in [0.25, 0.3) is 0 Å². The molecule has 0 unspecified atom stereocenters. The van der Waals surface area contributed by atoms with Gasteiger partial charge < -0.3 is 19.4 Å². The Bertz CT molecular complexity index is 397. The Kier molecular flexibility index (Phi) is 5.92. The number of ether oxygens (including phenoxy) is 2. The third kappa shape index (κ3) is 4.21. The molecule has 0 fully saturated rings. The summed E-state index contributed by atoms with van der Waals surface area (Å²) in [6.07, 6.45) is 0.0507. The van der Waals surface area contributed by atoms with Crippen molar-refractivity contribution in [1.82, 2.24) is 5.59 Å². The van der Waals surface area contributed by atoms with E-state index in [2.05, 4.69) is 4.84 Å². The van der Waals surface area contributed by atoms with E-state index < -0.39 is 5.97 Å². The minimum atomic E-state index is -0.525. The predicted octanol–water partition coefficient (Wildman–Crippen LogP) is -0.122. The Morgan fingerprint density at radius 3 is 2.83 bits per heavy atom. The number of hydrogen-bond acceptors (Lipinski definition) is 7. The van der Waals surface area contributed by atoms with Gasteiger partial charge in [0.25, 0.3) is 0 Å². The lowest BCUT2D eigenvalue weighted by molar-refractivity contribution is -0.151. The highest BCUT2D eigenvalue weighted by Crippen LogP contribution is 2.28. The first-order valence-electron chi connectivity index (χ1n) is 5.27. The van der Waals surface area contributed by atoms with E-state index in [0.29, 0.717) is 17.1 Å². The van der Waals surface area contributed by atoms with Gasteiger partial charge in [-0.1, -0.05) is 11.7 Å². The molecule has 0 aliphatic carbocycles. The van der Waals surface area contributed by atoms with Crippen LogP contribution < -0.4 is 20.9 Å². The first-order chi connectivity index (χ1) is 8.71. The van der Waals surface area contributed by atoms with Crippen LogP contribution in [0.15, 0.2) is 18.2 Å². The summed E-state index contributed by atoms with van der Waals surface area (Å²) in [5.41, 5.74) is 2.51. The van der Waals surface area contributed by atoms with E-state index in [4.69, 9.17) is 20.4 Å². The number of methoxy groups -OCH3 is 1. The Morgan fingerprint density at radius 1 is 1.44 bits per heavy atom. The molecule has 0 spiro atoms. The number of benzene rings is 1. The molecular formula is C11H16N2O5. The van der Waals surface area contributed by atoms with Gasteiger partial charge in [-0.05, 0) is 17.7 Å². The van der Waals surface area contributed by atoms with Crippen LogP contribution in [0.5, 0.6) is 11.5 Å². The highest BCUT2D eigenvalue weighted by molar-refractivity contribution is 5.69. The van der Waals surface area contributed by atoms with E-state index in [9.17, 15) is 4.79 Å². The topological polar surface area (TPSA) is 103 Å². The first-order valence-corrected chi connectivity index (χ1v) is 5.27. The molecule has 7 heteroatoms. The third-order valence-electron chi connectivity index (χ3n) is 2.15. The molecule has 0 aliphatic rings. The fourth-order valence-electron chi connectivity index (χ4n) is 1.29. The molecule has 7 nitrogen and oxygen atoms in total. The van der Waals surface area contributed by atoms with Crippen molar-refractivity contribution in [2.45, 2.75) is 13.0 Å². The molecule has 0 saturated carbocycles. The van der Waals surface area contributed by atoms with Crippen molar-refractivity contribution in [3.63, 3.8) is 0 Å². The molecule has 100 valence electrons. The van der Waals surface area contributed by atoms with Crippen LogP contribution in [0.3, 0.4) is 0 Å². The summed E-state index contributed by atoms with van der Waals surface area (Å²) in [4.78, 5) is 15.3. The number of nitrogens with two attached hydrogens (primary N) is 1. The zero-order valence-corrected chi connectivity index (χ0v) is 10.0. The molecule has 18 heavy (non-hydrogen) atoms. The maximum Gasteiger partial charge on any atom is 0.329 e. The summed E-state index contributed by atoms with van der Waals surface area (Å²) in [7, 11) is 1.50. The second-order valence-corrected chi connectivity index (χ2v) is 3.33. The lowest BCUT2D eigenvalue weighted by atomic mass is 10.2. The van der Waals surface area contributed by atoms with Gasteiger partial charge >= 0.3 is 5.97 Å². The van der Waals surface area contributed by atoms with E-state index in [1.54, 1.807) is 23.8 Å². The molecule has 4 N–H and O–H groups in total. The van der Waals surface area contributed by atoms with Gasteiger partial charge in [-0.15, -0.1) is 0 Å². The highest BCUT2D eigenvalue weighted by Gasteiger charge is 2.07. The number of carbonyl (C=O) groups excluding carboxylic acids is 1. The van der Waals surface area contributed by atoms with Crippen LogP contribution in [0.2, 0.25) is 0 Å². The monoisotopic (exact) mass is 256 g/mol. The first kappa shape index (κ1) is 14.2. The summed E-state index contributed by atoms with van der Waals surface area (Å²) >= 11 is 0. The van der Waals surface area contributed by atoms with Gasteiger partial charge in [0, 0.05) is 0 Å². The smallest absolute Gasteiger partial charge is 0.329 e. The van der Waals surface area contributed by atoms with Gasteiger partial charge in [-0.3, -0.25) is 4.79 Å². The Balaban J connectivity index is 2.53. The number of hydrazine groups is 1. The summed E-state index contributed by atoms with van der Waals surface area (Å²) in [6.45, 7) is 0.0560. The van der Waals surface area contributed by atoms with Gasteiger partial charge in [0.05, 0.1) is 26.7 Å². The van der Waals surface area contributed by atoms with Crippen LogP contribution in [0.1, 0.15) is 12.0 Å². The molecule has 0 aromatic heterocycles. The van der Waals surface area contributed by atoms with Crippen molar-refractivity contribution in [3.8, 4) is 11.5 Å². The van der Waals surface area contributed by atoms with Crippen molar-refractivity contribution >= 4 is 5.97 Å². The summed E-state index contributed by atoms with van der Waals surface area (Å²) in [5, 5.41) is 8.98. The fraction of sp³-hybridized carbons (Fsp3) is 0.364. The van der Waals surface area contributed by atoms with Gasteiger partial charge in [0.1, 0.15) is 0 Å². The lowest BCUT2D eigenvalue weighted by Gasteiger charge is -2.11. The van der Waals surface area contributed by atoms with E-state index >= 15 is 0 Å². The summed E-state index contributed by atoms with van der Waals surface area (Å²) in [6, 6.07) is 5.03. The maximum absolute atomic E-state index is 11.0. The number of nitrogens with one attached hydrogen (secondary N) is 1. The Labute approximate surface area is 104 Å². The number of aliphatic hydroxyl groups excluding tert-OH is 1.